The third-order valence-corrected chi connectivity index (χ3v) is 3.89. The topological polar surface area (TPSA) is 87.2 Å². The molecule has 20 heavy (non-hydrogen) atoms. The molecule has 1 fully saturated rings. The van der Waals surface area contributed by atoms with Gasteiger partial charge in [0.05, 0.1) is 17.3 Å². The number of hydrogen-bond donors (Lipinski definition) is 3. The van der Waals surface area contributed by atoms with E-state index < -0.39 is 31.0 Å². The summed E-state index contributed by atoms with van der Waals surface area (Å²) in [7, 11) is 0. The summed E-state index contributed by atoms with van der Waals surface area (Å²) < 4.78 is 7.07. The number of halogens is 2. The quantitative estimate of drug-likeness (QED) is 0.762. The Morgan fingerprint density at radius 3 is 2.65 bits per heavy atom. The van der Waals surface area contributed by atoms with Crippen LogP contribution in [0.1, 0.15) is 11.8 Å². The van der Waals surface area contributed by atoms with Gasteiger partial charge >= 0.3 is 0 Å². The molecule has 0 radical (unpaired) electrons. The first kappa shape index (κ1) is 14.1. The molecule has 2 aromatic heterocycles. The predicted molar refractivity (Wildman–Crippen MR) is 71.9 cm³/mol. The summed E-state index contributed by atoms with van der Waals surface area (Å²) in [6.45, 7) is -0.399. The summed E-state index contributed by atoms with van der Waals surface area (Å²) in [6, 6.07) is 3.35. The molecule has 4 atom stereocenters. The number of nitrogens with zero attached hydrogens (tertiary/aromatic N) is 2. The second-order valence-corrected chi connectivity index (χ2v) is 5.42. The largest absolute Gasteiger partial charge is 0.394 e. The Morgan fingerprint density at radius 2 is 2.00 bits per heavy atom. The standard InChI is InChI=1S/C12H12Cl2N2O4/c13-5-1-2-7-15-12(14)8(16(7)3-5)11-10(19)9(18)6(4-17)20-11/h1-3,6,9-11,17-19H,4H2/t6-,9+,10+,11?/m1/s1. The van der Waals surface area contributed by atoms with Crippen molar-refractivity contribution in [1.82, 2.24) is 9.38 Å². The minimum atomic E-state index is -1.21. The van der Waals surface area contributed by atoms with Crippen LogP contribution in [0.5, 0.6) is 0 Å². The molecule has 1 saturated heterocycles. The van der Waals surface area contributed by atoms with Crippen molar-refractivity contribution < 1.29 is 20.1 Å². The van der Waals surface area contributed by atoms with Crippen LogP contribution in [-0.2, 0) is 4.74 Å². The molecule has 1 aliphatic rings. The molecule has 2 aromatic rings. The van der Waals surface area contributed by atoms with Crippen molar-refractivity contribution in [2.45, 2.75) is 24.4 Å². The first-order chi connectivity index (χ1) is 9.52. The van der Waals surface area contributed by atoms with Crippen molar-refractivity contribution in [2.75, 3.05) is 6.61 Å². The molecule has 3 heterocycles. The molecule has 1 unspecified atom stereocenters. The molecule has 108 valence electrons. The van der Waals surface area contributed by atoms with E-state index in [0.29, 0.717) is 16.4 Å². The molecule has 0 spiro atoms. The molecular weight excluding hydrogens is 307 g/mol. The van der Waals surface area contributed by atoms with Crippen molar-refractivity contribution in [3.63, 3.8) is 0 Å². The summed E-state index contributed by atoms with van der Waals surface area (Å²) in [6.07, 6.45) is -2.55. The highest BCUT2D eigenvalue weighted by molar-refractivity contribution is 6.31. The molecule has 3 rings (SSSR count). The van der Waals surface area contributed by atoms with Crippen molar-refractivity contribution in [2.24, 2.45) is 0 Å². The fourth-order valence-electron chi connectivity index (χ4n) is 2.39. The van der Waals surface area contributed by atoms with Crippen LogP contribution < -0.4 is 0 Å². The molecule has 0 aromatic carbocycles. The van der Waals surface area contributed by atoms with Crippen molar-refractivity contribution >= 4 is 28.8 Å². The number of aromatic nitrogens is 2. The van der Waals surface area contributed by atoms with Gasteiger partial charge in [0.2, 0.25) is 0 Å². The van der Waals surface area contributed by atoms with Crippen LogP contribution >= 0.6 is 23.2 Å². The Kier molecular flexibility index (Phi) is 3.62. The highest BCUT2D eigenvalue weighted by atomic mass is 35.5. The molecular formula is C12H12Cl2N2O4. The minimum Gasteiger partial charge on any atom is -0.394 e. The van der Waals surface area contributed by atoms with E-state index in [2.05, 4.69) is 4.98 Å². The van der Waals surface area contributed by atoms with Gasteiger partial charge in [-0.3, -0.25) is 4.40 Å². The summed E-state index contributed by atoms with van der Waals surface area (Å²) >= 11 is 12.0. The van der Waals surface area contributed by atoms with Gasteiger partial charge in [0, 0.05) is 6.20 Å². The van der Waals surface area contributed by atoms with Gasteiger partial charge in [-0.1, -0.05) is 23.2 Å². The lowest BCUT2D eigenvalue weighted by atomic mass is 10.1. The lowest BCUT2D eigenvalue weighted by molar-refractivity contribution is -0.0241. The number of hydrogen-bond acceptors (Lipinski definition) is 5. The van der Waals surface area contributed by atoms with Gasteiger partial charge in [0.1, 0.15) is 30.1 Å². The third kappa shape index (κ3) is 2.09. The first-order valence-electron chi connectivity index (χ1n) is 5.98. The highest BCUT2D eigenvalue weighted by Crippen LogP contribution is 2.37. The molecule has 3 N–H and O–H groups in total. The molecule has 0 saturated carbocycles. The van der Waals surface area contributed by atoms with E-state index in [9.17, 15) is 10.2 Å². The normalized spacial score (nSPS) is 30.2. The van der Waals surface area contributed by atoms with Crippen molar-refractivity contribution in [3.05, 3.63) is 34.2 Å². The zero-order chi connectivity index (χ0) is 14.4. The maximum atomic E-state index is 10.1. The van der Waals surface area contributed by atoms with Crippen molar-refractivity contribution in [1.29, 1.82) is 0 Å². The smallest absolute Gasteiger partial charge is 0.154 e. The maximum absolute atomic E-state index is 10.1. The Hall–Kier alpha value is -0.890. The number of aliphatic hydroxyl groups excluding tert-OH is 3. The van der Waals surface area contributed by atoms with Gasteiger partial charge in [-0.25, -0.2) is 4.98 Å². The van der Waals surface area contributed by atoms with E-state index in [0.717, 1.165) is 0 Å². The summed E-state index contributed by atoms with van der Waals surface area (Å²) in [4.78, 5) is 4.14. The van der Waals surface area contributed by atoms with Crippen LogP contribution in [0, 0.1) is 0 Å². The lowest BCUT2D eigenvalue weighted by Gasteiger charge is -2.15. The second-order valence-electron chi connectivity index (χ2n) is 4.62. The maximum Gasteiger partial charge on any atom is 0.154 e. The Bertz CT molecular complexity index is 648. The predicted octanol–water partition coefficient (Wildman–Crippen LogP) is 0.795. The fourth-order valence-corrected chi connectivity index (χ4v) is 2.83. The Balaban J connectivity index is 2.10. The van der Waals surface area contributed by atoms with Crippen LogP contribution in [0.3, 0.4) is 0 Å². The van der Waals surface area contributed by atoms with Gasteiger partial charge in [-0.2, -0.15) is 0 Å². The first-order valence-corrected chi connectivity index (χ1v) is 6.74. The van der Waals surface area contributed by atoms with Crippen LogP contribution in [0.2, 0.25) is 10.2 Å². The molecule has 0 aliphatic carbocycles. The zero-order valence-electron chi connectivity index (χ0n) is 10.1. The van der Waals surface area contributed by atoms with Crippen LogP contribution in [-0.4, -0.2) is 49.6 Å². The van der Waals surface area contributed by atoms with E-state index in [4.69, 9.17) is 33.0 Å². The van der Waals surface area contributed by atoms with Gasteiger partial charge in [-0.05, 0) is 12.1 Å². The molecule has 0 bridgehead atoms. The summed E-state index contributed by atoms with van der Waals surface area (Å²) in [5, 5.41) is 29.6. The summed E-state index contributed by atoms with van der Waals surface area (Å²) in [5.41, 5.74) is 0.943. The van der Waals surface area contributed by atoms with Gasteiger partial charge in [-0.15, -0.1) is 0 Å². The number of rotatable bonds is 2. The number of aliphatic hydroxyl groups is 3. The van der Waals surface area contributed by atoms with E-state index in [1.807, 2.05) is 0 Å². The average Bonchev–Trinajstić information content (AvgIpc) is 2.88. The van der Waals surface area contributed by atoms with E-state index >= 15 is 0 Å². The van der Waals surface area contributed by atoms with Gasteiger partial charge in [0.15, 0.2) is 5.15 Å². The van der Waals surface area contributed by atoms with E-state index in [1.54, 1.807) is 22.7 Å². The summed E-state index contributed by atoms with van der Waals surface area (Å²) in [5.74, 6) is 0. The second kappa shape index (κ2) is 5.14. The number of fused-ring (bicyclic) bond motifs is 1. The van der Waals surface area contributed by atoms with Crippen LogP contribution in [0.15, 0.2) is 18.3 Å². The average molecular weight is 319 g/mol. The van der Waals surface area contributed by atoms with Gasteiger partial charge < -0.3 is 20.1 Å². The molecule has 0 amide bonds. The van der Waals surface area contributed by atoms with E-state index in [-0.39, 0.29) is 5.15 Å². The number of imidazole rings is 1. The minimum absolute atomic E-state index is 0.155. The lowest BCUT2D eigenvalue weighted by Crippen LogP contribution is -2.32. The molecule has 8 heteroatoms. The number of pyridine rings is 1. The highest BCUT2D eigenvalue weighted by Gasteiger charge is 2.45. The SMILES string of the molecule is OC[C@H]1OC(c2c(Cl)nc3ccc(Cl)cn23)[C@@H](O)[C@H]1O. The Labute approximate surface area is 124 Å². The Morgan fingerprint density at radius 1 is 1.25 bits per heavy atom. The third-order valence-electron chi connectivity index (χ3n) is 3.39. The van der Waals surface area contributed by atoms with E-state index in [1.165, 1.54) is 0 Å². The van der Waals surface area contributed by atoms with Crippen LogP contribution in [0.4, 0.5) is 0 Å². The zero-order valence-corrected chi connectivity index (χ0v) is 11.7. The fraction of sp³-hybridized carbons (Fsp3) is 0.417. The number of ether oxygens (including phenoxy) is 1. The molecule has 6 nitrogen and oxygen atoms in total. The molecule has 1 aliphatic heterocycles. The van der Waals surface area contributed by atoms with Gasteiger partial charge in [0.25, 0.3) is 0 Å². The monoisotopic (exact) mass is 318 g/mol. The van der Waals surface area contributed by atoms with Crippen LogP contribution in [0.25, 0.3) is 5.65 Å². The van der Waals surface area contributed by atoms with Crippen molar-refractivity contribution in [3.8, 4) is 0 Å².